The second-order valence-corrected chi connectivity index (χ2v) is 8.04. The molecule has 0 bridgehead atoms. The van der Waals surface area contributed by atoms with E-state index < -0.39 is 23.6 Å². The maximum absolute atomic E-state index is 14.5. The molecule has 0 aliphatic rings. The molecular formula is C17H15BrClF2IN2O3. The summed E-state index contributed by atoms with van der Waals surface area (Å²) < 4.78 is 29.2. The van der Waals surface area contributed by atoms with Gasteiger partial charge in [0.05, 0.1) is 32.5 Å². The summed E-state index contributed by atoms with van der Waals surface area (Å²) in [5.74, 6) is -3.18. The number of carbonyl (C=O) groups is 1. The zero-order valence-corrected chi connectivity index (χ0v) is 18.5. The van der Waals surface area contributed by atoms with E-state index in [1.807, 2.05) is 0 Å². The third-order valence-electron chi connectivity index (χ3n) is 3.49. The monoisotopic (exact) mass is 574 g/mol. The molecule has 0 aliphatic heterocycles. The molecule has 0 heterocycles. The summed E-state index contributed by atoms with van der Waals surface area (Å²) >= 11 is 11.1. The Morgan fingerprint density at radius 2 is 2.07 bits per heavy atom. The Morgan fingerprint density at radius 3 is 2.70 bits per heavy atom. The minimum atomic E-state index is -1.24. The van der Waals surface area contributed by atoms with Gasteiger partial charge in [0.15, 0.2) is 11.6 Å². The molecule has 2 rings (SSSR count). The van der Waals surface area contributed by atoms with E-state index in [1.54, 1.807) is 25.1 Å². The fourth-order valence-corrected chi connectivity index (χ4v) is 3.38. The topological polar surface area (TPSA) is 70.6 Å². The molecule has 0 saturated carbocycles. The number of anilines is 2. The normalized spacial score (nSPS) is 12.0. The molecule has 146 valence electrons. The van der Waals surface area contributed by atoms with Gasteiger partial charge in [-0.15, -0.1) is 0 Å². The van der Waals surface area contributed by atoms with Crippen LogP contribution in [0, 0.1) is 15.2 Å². The van der Waals surface area contributed by atoms with Gasteiger partial charge in [-0.05, 0) is 76.1 Å². The van der Waals surface area contributed by atoms with Gasteiger partial charge in [-0.25, -0.2) is 14.3 Å². The second kappa shape index (κ2) is 9.97. The van der Waals surface area contributed by atoms with Crippen molar-refractivity contribution in [2.45, 2.75) is 19.4 Å². The molecule has 0 aliphatic carbocycles. The maximum atomic E-state index is 14.5. The molecule has 1 amide bonds. The average molecular weight is 576 g/mol. The van der Waals surface area contributed by atoms with E-state index >= 15 is 0 Å². The van der Waals surface area contributed by atoms with Crippen molar-refractivity contribution < 1.29 is 23.5 Å². The van der Waals surface area contributed by atoms with E-state index in [-0.39, 0.29) is 27.4 Å². The van der Waals surface area contributed by atoms with Gasteiger partial charge < -0.3 is 10.4 Å². The molecule has 27 heavy (non-hydrogen) atoms. The number of rotatable bonds is 7. The minimum absolute atomic E-state index is 0.119. The number of nitrogens with one attached hydrogen (secondary N) is 2. The molecule has 0 aromatic heterocycles. The van der Waals surface area contributed by atoms with Crippen LogP contribution in [0.4, 0.5) is 20.2 Å². The first kappa shape index (κ1) is 22.3. The van der Waals surface area contributed by atoms with Gasteiger partial charge in [0, 0.05) is 10.2 Å². The Labute approximate surface area is 181 Å². The SMILES string of the molecule is CC(CCO)ONC(=O)c1cc(Br)c(F)c(F)c1Nc1ccc(I)cc1Cl. The lowest BCUT2D eigenvalue weighted by Crippen LogP contribution is -2.29. The number of amides is 1. The molecule has 2 aromatic carbocycles. The van der Waals surface area contributed by atoms with Crippen LogP contribution in [-0.4, -0.2) is 23.7 Å². The minimum Gasteiger partial charge on any atom is -0.396 e. The Hall–Kier alpha value is -1.01. The molecular weight excluding hydrogens is 560 g/mol. The lowest BCUT2D eigenvalue weighted by Gasteiger charge is -2.17. The second-order valence-electron chi connectivity index (χ2n) is 5.53. The summed E-state index contributed by atoms with van der Waals surface area (Å²) in [7, 11) is 0. The first-order valence-electron chi connectivity index (χ1n) is 7.71. The van der Waals surface area contributed by atoms with Gasteiger partial charge in [0.1, 0.15) is 0 Å². The number of hydroxylamine groups is 1. The van der Waals surface area contributed by atoms with Gasteiger partial charge in [0.25, 0.3) is 5.91 Å². The maximum Gasteiger partial charge on any atom is 0.277 e. The van der Waals surface area contributed by atoms with Gasteiger partial charge in [0.2, 0.25) is 0 Å². The standard InChI is InChI=1S/C17H15BrClF2IN2O3/c1-8(4-5-25)27-24-17(26)10-7-11(18)14(20)15(21)16(10)23-13-3-2-9(22)6-12(13)19/h2-3,6-8,23,25H,4-5H2,1H3,(H,24,26). The quantitative estimate of drug-likeness (QED) is 0.242. The average Bonchev–Trinajstić information content (AvgIpc) is 2.62. The highest BCUT2D eigenvalue weighted by Crippen LogP contribution is 2.34. The van der Waals surface area contributed by atoms with Crippen LogP contribution in [0.3, 0.4) is 0 Å². The number of hydrogen-bond donors (Lipinski definition) is 3. The summed E-state index contributed by atoms with van der Waals surface area (Å²) in [4.78, 5) is 17.5. The number of benzene rings is 2. The van der Waals surface area contributed by atoms with E-state index in [1.165, 1.54) is 0 Å². The van der Waals surface area contributed by atoms with Crippen molar-refractivity contribution in [1.29, 1.82) is 0 Å². The van der Waals surface area contributed by atoms with Crippen LogP contribution in [0.25, 0.3) is 0 Å². The number of halogens is 5. The molecule has 0 saturated heterocycles. The van der Waals surface area contributed by atoms with E-state index in [0.717, 1.165) is 9.64 Å². The van der Waals surface area contributed by atoms with Crippen LogP contribution in [-0.2, 0) is 4.84 Å². The summed E-state index contributed by atoms with van der Waals surface area (Å²) in [6.07, 6.45) is -0.166. The van der Waals surface area contributed by atoms with Crippen LogP contribution in [0.15, 0.2) is 28.7 Å². The van der Waals surface area contributed by atoms with Crippen molar-refractivity contribution in [1.82, 2.24) is 5.48 Å². The number of hydrogen-bond acceptors (Lipinski definition) is 4. The highest BCUT2D eigenvalue weighted by molar-refractivity contribution is 14.1. The van der Waals surface area contributed by atoms with Gasteiger partial charge in [-0.1, -0.05) is 11.6 Å². The highest BCUT2D eigenvalue weighted by atomic mass is 127. The van der Waals surface area contributed by atoms with E-state index in [4.69, 9.17) is 21.5 Å². The smallest absolute Gasteiger partial charge is 0.277 e. The zero-order chi connectivity index (χ0) is 20.1. The Balaban J connectivity index is 2.37. The Morgan fingerprint density at radius 1 is 1.37 bits per heavy atom. The fraction of sp³-hybridized carbons (Fsp3) is 0.235. The lowest BCUT2D eigenvalue weighted by molar-refractivity contribution is -0.0168. The van der Waals surface area contributed by atoms with Gasteiger partial charge in [-0.3, -0.25) is 9.63 Å². The molecule has 10 heteroatoms. The number of aliphatic hydroxyl groups is 1. The summed E-state index contributed by atoms with van der Waals surface area (Å²) in [6.45, 7) is 1.52. The Kier molecular flexibility index (Phi) is 8.22. The molecule has 2 aromatic rings. The Bertz CT molecular complexity index is 857. The third-order valence-corrected chi connectivity index (χ3v) is 5.05. The van der Waals surface area contributed by atoms with Gasteiger partial charge >= 0.3 is 0 Å². The molecule has 0 radical (unpaired) electrons. The van der Waals surface area contributed by atoms with E-state index in [2.05, 4.69) is 49.3 Å². The van der Waals surface area contributed by atoms with Crippen LogP contribution >= 0.6 is 50.1 Å². The van der Waals surface area contributed by atoms with Gasteiger partial charge in [-0.2, -0.15) is 0 Å². The molecule has 5 nitrogen and oxygen atoms in total. The predicted octanol–water partition coefficient (Wildman–Crippen LogP) is 5.16. The summed E-state index contributed by atoms with van der Waals surface area (Å²) in [5.41, 5.74) is 1.91. The first-order chi connectivity index (χ1) is 12.7. The lowest BCUT2D eigenvalue weighted by atomic mass is 10.1. The molecule has 0 fully saturated rings. The largest absolute Gasteiger partial charge is 0.396 e. The van der Waals surface area contributed by atoms with Crippen LogP contribution < -0.4 is 10.8 Å². The summed E-state index contributed by atoms with van der Waals surface area (Å²) in [6, 6.07) is 6.08. The number of aliphatic hydroxyl groups excluding tert-OH is 1. The first-order valence-corrected chi connectivity index (χ1v) is 9.96. The number of carbonyl (C=O) groups excluding carboxylic acids is 1. The molecule has 3 N–H and O–H groups in total. The van der Waals surface area contributed by atoms with E-state index in [0.29, 0.717) is 12.1 Å². The van der Waals surface area contributed by atoms with Crippen molar-refractivity contribution in [3.05, 3.63) is 54.5 Å². The van der Waals surface area contributed by atoms with Crippen LogP contribution in [0.5, 0.6) is 0 Å². The molecule has 0 spiro atoms. The van der Waals surface area contributed by atoms with Crippen LogP contribution in [0.1, 0.15) is 23.7 Å². The highest BCUT2D eigenvalue weighted by Gasteiger charge is 2.23. The van der Waals surface area contributed by atoms with Crippen molar-refractivity contribution >= 4 is 67.4 Å². The summed E-state index contributed by atoms with van der Waals surface area (Å²) in [5, 5.41) is 11.8. The molecule has 1 unspecified atom stereocenters. The zero-order valence-electron chi connectivity index (χ0n) is 14.0. The van der Waals surface area contributed by atoms with Crippen molar-refractivity contribution in [3.63, 3.8) is 0 Å². The third kappa shape index (κ3) is 5.74. The fourth-order valence-electron chi connectivity index (χ4n) is 2.07. The predicted molar refractivity (Wildman–Crippen MR) is 111 cm³/mol. The molecule has 1 atom stereocenters. The van der Waals surface area contributed by atoms with Crippen LogP contribution in [0.2, 0.25) is 5.02 Å². The van der Waals surface area contributed by atoms with Crippen molar-refractivity contribution in [2.24, 2.45) is 0 Å². The van der Waals surface area contributed by atoms with Crippen molar-refractivity contribution in [2.75, 3.05) is 11.9 Å². The van der Waals surface area contributed by atoms with E-state index in [9.17, 15) is 13.6 Å². The van der Waals surface area contributed by atoms with Crippen molar-refractivity contribution in [3.8, 4) is 0 Å².